The van der Waals surface area contributed by atoms with Gasteiger partial charge in [-0.25, -0.2) is 9.07 Å². The Balaban J connectivity index is 2.36. The molecule has 0 aliphatic rings. The average Bonchev–Trinajstić information content (AvgIpc) is 2.65. The van der Waals surface area contributed by atoms with Gasteiger partial charge in [0, 0.05) is 6.20 Å². The number of hydrogen-bond acceptors (Lipinski definition) is 2. The maximum Gasteiger partial charge on any atom is 0.149 e. The molecule has 0 aliphatic carbocycles. The summed E-state index contributed by atoms with van der Waals surface area (Å²) < 4.78 is 15.1. The SMILES string of the molecule is NCCc1ccc(-n2cc(Cl)cn2)c(F)c1. The van der Waals surface area contributed by atoms with Gasteiger partial charge in [-0.05, 0) is 30.7 Å². The van der Waals surface area contributed by atoms with Gasteiger partial charge in [0.2, 0.25) is 0 Å². The first-order valence-electron chi connectivity index (χ1n) is 4.90. The molecule has 0 atom stereocenters. The Labute approximate surface area is 97.6 Å². The summed E-state index contributed by atoms with van der Waals surface area (Å²) in [5.74, 6) is -0.328. The van der Waals surface area contributed by atoms with Crippen LogP contribution in [-0.4, -0.2) is 16.3 Å². The fourth-order valence-electron chi connectivity index (χ4n) is 1.49. The standard InChI is InChI=1S/C11H11ClFN3/c12-9-6-15-16(7-9)11-2-1-8(3-4-14)5-10(11)13/h1-2,5-7H,3-4,14H2. The van der Waals surface area contributed by atoms with Crippen molar-refractivity contribution in [3.63, 3.8) is 0 Å². The lowest BCUT2D eigenvalue weighted by Crippen LogP contribution is -2.04. The summed E-state index contributed by atoms with van der Waals surface area (Å²) in [4.78, 5) is 0. The summed E-state index contributed by atoms with van der Waals surface area (Å²) in [7, 11) is 0. The van der Waals surface area contributed by atoms with Crippen molar-refractivity contribution in [2.24, 2.45) is 5.73 Å². The summed E-state index contributed by atoms with van der Waals surface area (Å²) in [5, 5.41) is 4.42. The van der Waals surface area contributed by atoms with Gasteiger partial charge in [0.05, 0.1) is 11.2 Å². The monoisotopic (exact) mass is 239 g/mol. The summed E-state index contributed by atoms with van der Waals surface area (Å²) in [6.45, 7) is 0.506. The molecule has 5 heteroatoms. The van der Waals surface area contributed by atoms with Gasteiger partial charge in [-0.1, -0.05) is 17.7 Å². The minimum absolute atomic E-state index is 0.328. The van der Waals surface area contributed by atoms with E-state index in [1.165, 1.54) is 16.9 Å². The van der Waals surface area contributed by atoms with Crippen LogP contribution in [0.5, 0.6) is 0 Å². The quantitative estimate of drug-likeness (QED) is 0.892. The second-order valence-corrected chi connectivity index (χ2v) is 3.86. The highest BCUT2D eigenvalue weighted by Crippen LogP contribution is 2.16. The van der Waals surface area contributed by atoms with E-state index in [1.54, 1.807) is 12.3 Å². The molecule has 2 aromatic rings. The van der Waals surface area contributed by atoms with E-state index in [1.807, 2.05) is 6.07 Å². The Morgan fingerprint density at radius 2 is 2.25 bits per heavy atom. The van der Waals surface area contributed by atoms with Gasteiger partial charge < -0.3 is 5.73 Å². The van der Waals surface area contributed by atoms with Gasteiger partial charge in [0.25, 0.3) is 0 Å². The maximum absolute atomic E-state index is 13.7. The van der Waals surface area contributed by atoms with E-state index in [9.17, 15) is 4.39 Å². The number of hydrogen-bond donors (Lipinski definition) is 1. The average molecular weight is 240 g/mol. The zero-order chi connectivity index (χ0) is 11.5. The van der Waals surface area contributed by atoms with Crippen LogP contribution in [0.15, 0.2) is 30.6 Å². The highest BCUT2D eigenvalue weighted by atomic mass is 35.5. The predicted octanol–water partition coefficient (Wildman–Crippen LogP) is 2.17. The van der Waals surface area contributed by atoms with Gasteiger partial charge in [0.15, 0.2) is 0 Å². The third-order valence-electron chi connectivity index (χ3n) is 2.24. The molecule has 0 spiro atoms. The molecule has 0 saturated carbocycles. The van der Waals surface area contributed by atoms with Crippen LogP contribution in [0.1, 0.15) is 5.56 Å². The van der Waals surface area contributed by atoms with E-state index >= 15 is 0 Å². The number of nitrogens with zero attached hydrogens (tertiary/aromatic N) is 2. The van der Waals surface area contributed by atoms with E-state index in [-0.39, 0.29) is 5.82 Å². The van der Waals surface area contributed by atoms with Crippen molar-refractivity contribution < 1.29 is 4.39 Å². The first-order valence-corrected chi connectivity index (χ1v) is 5.27. The molecule has 1 aromatic carbocycles. The molecule has 2 N–H and O–H groups in total. The molecule has 0 radical (unpaired) electrons. The van der Waals surface area contributed by atoms with Crippen LogP contribution >= 0.6 is 11.6 Å². The molecule has 1 aromatic heterocycles. The van der Waals surface area contributed by atoms with Crippen molar-refractivity contribution in [2.45, 2.75) is 6.42 Å². The second-order valence-electron chi connectivity index (χ2n) is 3.43. The zero-order valence-corrected chi connectivity index (χ0v) is 9.28. The Kier molecular flexibility index (Phi) is 3.22. The van der Waals surface area contributed by atoms with Gasteiger partial charge in [-0.15, -0.1) is 0 Å². The van der Waals surface area contributed by atoms with E-state index in [2.05, 4.69) is 5.10 Å². The fourth-order valence-corrected chi connectivity index (χ4v) is 1.63. The van der Waals surface area contributed by atoms with E-state index in [4.69, 9.17) is 17.3 Å². The minimum atomic E-state index is -0.328. The molecule has 1 heterocycles. The Bertz CT molecular complexity index is 496. The molecular weight excluding hydrogens is 229 g/mol. The van der Waals surface area contributed by atoms with Crippen molar-refractivity contribution in [1.82, 2.24) is 9.78 Å². The van der Waals surface area contributed by atoms with Crippen molar-refractivity contribution in [1.29, 1.82) is 0 Å². The topological polar surface area (TPSA) is 43.8 Å². The number of halogens is 2. The fraction of sp³-hybridized carbons (Fsp3) is 0.182. The van der Waals surface area contributed by atoms with E-state index in [0.29, 0.717) is 23.7 Å². The van der Waals surface area contributed by atoms with Crippen LogP contribution in [-0.2, 0) is 6.42 Å². The van der Waals surface area contributed by atoms with Crippen molar-refractivity contribution in [3.05, 3.63) is 47.0 Å². The van der Waals surface area contributed by atoms with Crippen LogP contribution in [0, 0.1) is 5.82 Å². The Morgan fingerprint density at radius 1 is 1.44 bits per heavy atom. The summed E-state index contributed by atoms with van der Waals surface area (Å²) in [6.07, 6.45) is 3.69. The lowest BCUT2D eigenvalue weighted by Gasteiger charge is -2.05. The Morgan fingerprint density at radius 3 is 2.81 bits per heavy atom. The second kappa shape index (κ2) is 4.63. The first-order chi connectivity index (χ1) is 7.70. The van der Waals surface area contributed by atoms with E-state index < -0.39 is 0 Å². The molecule has 0 amide bonds. The predicted molar refractivity (Wildman–Crippen MR) is 61.3 cm³/mol. The smallest absolute Gasteiger partial charge is 0.149 e. The summed E-state index contributed by atoms with van der Waals surface area (Å²) in [5.41, 5.74) is 6.66. The number of benzene rings is 1. The molecule has 0 aliphatic heterocycles. The summed E-state index contributed by atoms with van der Waals surface area (Å²) >= 11 is 5.72. The molecule has 16 heavy (non-hydrogen) atoms. The van der Waals surface area contributed by atoms with Crippen LogP contribution in [0.3, 0.4) is 0 Å². The lowest BCUT2D eigenvalue weighted by molar-refractivity contribution is 0.608. The molecule has 3 nitrogen and oxygen atoms in total. The Hall–Kier alpha value is -1.39. The van der Waals surface area contributed by atoms with Crippen LogP contribution in [0.25, 0.3) is 5.69 Å². The van der Waals surface area contributed by atoms with Crippen LogP contribution in [0.2, 0.25) is 5.02 Å². The summed E-state index contributed by atoms with van der Waals surface area (Å²) in [6, 6.07) is 4.97. The number of nitrogens with two attached hydrogens (primary N) is 1. The van der Waals surface area contributed by atoms with E-state index in [0.717, 1.165) is 5.56 Å². The highest BCUT2D eigenvalue weighted by Gasteiger charge is 2.06. The first kappa shape index (κ1) is 11.1. The third-order valence-corrected chi connectivity index (χ3v) is 2.44. The molecule has 0 unspecified atom stereocenters. The van der Waals surface area contributed by atoms with Crippen LogP contribution < -0.4 is 5.73 Å². The molecular formula is C11H11ClFN3. The van der Waals surface area contributed by atoms with Gasteiger partial charge >= 0.3 is 0 Å². The number of rotatable bonds is 3. The molecule has 2 rings (SSSR count). The molecule has 0 saturated heterocycles. The van der Waals surface area contributed by atoms with Crippen molar-refractivity contribution in [3.8, 4) is 5.69 Å². The van der Waals surface area contributed by atoms with Gasteiger partial charge in [-0.2, -0.15) is 5.10 Å². The maximum atomic E-state index is 13.7. The third kappa shape index (κ3) is 2.23. The molecule has 0 fully saturated rings. The van der Waals surface area contributed by atoms with Gasteiger partial charge in [-0.3, -0.25) is 0 Å². The normalized spacial score (nSPS) is 10.7. The molecule has 84 valence electrons. The lowest BCUT2D eigenvalue weighted by atomic mass is 10.1. The molecule has 0 bridgehead atoms. The van der Waals surface area contributed by atoms with Crippen molar-refractivity contribution >= 4 is 11.6 Å². The van der Waals surface area contributed by atoms with Gasteiger partial charge in [0.1, 0.15) is 11.5 Å². The van der Waals surface area contributed by atoms with Crippen LogP contribution in [0.4, 0.5) is 4.39 Å². The highest BCUT2D eigenvalue weighted by molar-refractivity contribution is 6.30. The zero-order valence-electron chi connectivity index (χ0n) is 8.53. The largest absolute Gasteiger partial charge is 0.330 e. The number of aromatic nitrogens is 2. The minimum Gasteiger partial charge on any atom is -0.330 e. The van der Waals surface area contributed by atoms with Crippen molar-refractivity contribution in [2.75, 3.05) is 6.54 Å².